The lowest BCUT2D eigenvalue weighted by Crippen LogP contribution is -2.25. The molecular weight excluding hydrogens is 316 g/mol. The zero-order valence-corrected chi connectivity index (χ0v) is 14.0. The molecule has 0 heterocycles. The van der Waals surface area contributed by atoms with Crippen LogP contribution in [0.2, 0.25) is 0 Å². The molecule has 2 aromatic carbocycles. The van der Waals surface area contributed by atoms with Gasteiger partial charge in [-0.05, 0) is 48.9 Å². The molecule has 0 atom stereocenters. The maximum Gasteiger partial charge on any atom is 0.267 e. The highest BCUT2D eigenvalue weighted by Crippen LogP contribution is 2.18. The lowest BCUT2D eigenvalue weighted by atomic mass is 10.2. The summed E-state index contributed by atoms with van der Waals surface area (Å²) in [5.74, 6) is -0.921. The van der Waals surface area contributed by atoms with Gasteiger partial charge in [-0.1, -0.05) is 12.1 Å². The Hall–Kier alpha value is -3.59. The van der Waals surface area contributed by atoms with Gasteiger partial charge in [-0.15, -0.1) is 0 Å². The van der Waals surface area contributed by atoms with Crippen LogP contribution < -0.4 is 16.0 Å². The molecule has 2 rings (SSSR count). The van der Waals surface area contributed by atoms with E-state index in [-0.39, 0.29) is 11.5 Å². The standard InChI is InChI=1S/C19H18N4O2/c1-13-4-3-5-17(10-13)22-19(25)15(11-20)12-23(14(2)24)18-8-6-16(21)7-9-18/h3-10,12H,21H2,1-2H3,(H,22,25)/b15-12-. The number of nitrogens with one attached hydrogen (secondary N) is 1. The molecule has 3 N–H and O–H groups in total. The van der Waals surface area contributed by atoms with E-state index in [0.29, 0.717) is 17.1 Å². The number of nitrogens with zero attached hydrogens (tertiary/aromatic N) is 2. The molecule has 0 saturated heterocycles. The number of hydrogen-bond acceptors (Lipinski definition) is 4. The highest BCUT2D eigenvalue weighted by Gasteiger charge is 2.15. The molecule has 0 radical (unpaired) electrons. The fourth-order valence-electron chi connectivity index (χ4n) is 2.17. The van der Waals surface area contributed by atoms with Gasteiger partial charge in [-0.25, -0.2) is 0 Å². The second kappa shape index (κ2) is 7.79. The summed E-state index contributed by atoms with van der Waals surface area (Å²) in [5, 5.41) is 12.0. The summed E-state index contributed by atoms with van der Waals surface area (Å²) in [7, 11) is 0. The molecule has 6 heteroatoms. The average molecular weight is 334 g/mol. The van der Waals surface area contributed by atoms with Crippen molar-refractivity contribution < 1.29 is 9.59 Å². The van der Waals surface area contributed by atoms with Crippen molar-refractivity contribution in [2.45, 2.75) is 13.8 Å². The Morgan fingerprint density at radius 2 is 1.88 bits per heavy atom. The molecule has 2 aromatic rings. The SMILES string of the molecule is CC(=O)N(/C=C(/C#N)C(=O)Nc1cccc(C)c1)c1ccc(N)cc1. The van der Waals surface area contributed by atoms with Crippen LogP contribution in [0.1, 0.15) is 12.5 Å². The Labute approximate surface area is 146 Å². The summed E-state index contributed by atoms with van der Waals surface area (Å²) in [6.07, 6.45) is 1.22. The van der Waals surface area contributed by atoms with Gasteiger partial charge < -0.3 is 11.1 Å². The third-order valence-corrected chi connectivity index (χ3v) is 3.41. The highest BCUT2D eigenvalue weighted by molar-refractivity contribution is 6.08. The summed E-state index contributed by atoms with van der Waals surface area (Å²) in [4.78, 5) is 25.5. The number of nitriles is 1. The van der Waals surface area contributed by atoms with Gasteiger partial charge in [-0.2, -0.15) is 5.26 Å². The minimum atomic E-state index is -0.588. The van der Waals surface area contributed by atoms with Gasteiger partial charge in [0.1, 0.15) is 11.6 Å². The molecule has 0 aromatic heterocycles. The van der Waals surface area contributed by atoms with Gasteiger partial charge in [0.15, 0.2) is 0 Å². The van der Waals surface area contributed by atoms with E-state index in [1.807, 2.05) is 19.1 Å². The number of carbonyl (C=O) groups excluding carboxylic acids is 2. The monoisotopic (exact) mass is 334 g/mol. The molecular formula is C19H18N4O2. The second-order valence-corrected chi connectivity index (χ2v) is 5.46. The third-order valence-electron chi connectivity index (χ3n) is 3.41. The average Bonchev–Trinajstić information content (AvgIpc) is 2.56. The molecule has 126 valence electrons. The third kappa shape index (κ3) is 4.69. The Kier molecular flexibility index (Phi) is 5.54. The zero-order chi connectivity index (χ0) is 18.4. The Morgan fingerprint density at radius 3 is 2.44 bits per heavy atom. The normalized spacial score (nSPS) is 10.7. The molecule has 25 heavy (non-hydrogen) atoms. The number of carbonyl (C=O) groups is 2. The fraction of sp³-hybridized carbons (Fsp3) is 0.105. The molecule has 0 bridgehead atoms. The van der Waals surface area contributed by atoms with E-state index in [4.69, 9.17) is 5.73 Å². The first kappa shape index (κ1) is 17.8. The van der Waals surface area contributed by atoms with Crippen molar-refractivity contribution in [3.8, 4) is 6.07 Å². The molecule has 0 aliphatic carbocycles. The van der Waals surface area contributed by atoms with Crippen molar-refractivity contribution in [3.63, 3.8) is 0 Å². The fourth-order valence-corrected chi connectivity index (χ4v) is 2.17. The largest absolute Gasteiger partial charge is 0.399 e. The Bertz CT molecular complexity index is 864. The number of nitrogens with two attached hydrogens (primary N) is 1. The summed E-state index contributed by atoms with van der Waals surface area (Å²) in [6.45, 7) is 3.25. The van der Waals surface area contributed by atoms with Crippen LogP contribution in [0.15, 0.2) is 60.3 Å². The Morgan fingerprint density at radius 1 is 1.20 bits per heavy atom. The molecule has 0 unspecified atom stereocenters. The number of anilines is 3. The van der Waals surface area contributed by atoms with Crippen LogP contribution in [0, 0.1) is 18.3 Å². The van der Waals surface area contributed by atoms with Crippen molar-refractivity contribution in [2.24, 2.45) is 0 Å². The molecule has 0 spiro atoms. The van der Waals surface area contributed by atoms with E-state index in [1.165, 1.54) is 18.0 Å². The van der Waals surface area contributed by atoms with Crippen molar-refractivity contribution in [1.82, 2.24) is 0 Å². The number of rotatable bonds is 4. The van der Waals surface area contributed by atoms with Crippen LogP contribution in [0.3, 0.4) is 0 Å². The van der Waals surface area contributed by atoms with E-state index in [0.717, 1.165) is 5.56 Å². The van der Waals surface area contributed by atoms with E-state index in [2.05, 4.69) is 5.32 Å². The number of nitrogen functional groups attached to an aromatic ring is 1. The van der Waals surface area contributed by atoms with Crippen LogP contribution >= 0.6 is 0 Å². The number of hydrogen-bond donors (Lipinski definition) is 2. The summed E-state index contributed by atoms with van der Waals surface area (Å²) in [6, 6.07) is 15.6. The molecule has 0 aliphatic rings. The van der Waals surface area contributed by atoms with Gasteiger partial charge in [-0.3, -0.25) is 14.5 Å². The van der Waals surface area contributed by atoms with E-state index >= 15 is 0 Å². The molecule has 2 amide bonds. The van der Waals surface area contributed by atoms with Crippen LogP contribution in [-0.2, 0) is 9.59 Å². The quantitative estimate of drug-likeness (QED) is 0.510. The van der Waals surface area contributed by atoms with Crippen molar-refractivity contribution in [3.05, 3.63) is 65.9 Å². The zero-order valence-electron chi connectivity index (χ0n) is 14.0. The van der Waals surface area contributed by atoms with Crippen LogP contribution in [0.5, 0.6) is 0 Å². The molecule has 0 saturated carbocycles. The lowest BCUT2D eigenvalue weighted by Gasteiger charge is -2.17. The summed E-state index contributed by atoms with van der Waals surface area (Å²) in [5.41, 5.74) is 8.07. The first-order valence-electron chi connectivity index (χ1n) is 7.56. The smallest absolute Gasteiger partial charge is 0.267 e. The topological polar surface area (TPSA) is 99.2 Å². The summed E-state index contributed by atoms with van der Waals surface area (Å²) >= 11 is 0. The van der Waals surface area contributed by atoms with Gasteiger partial charge in [0, 0.05) is 30.2 Å². The molecule has 6 nitrogen and oxygen atoms in total. The Balaban J connectivity index is 2.29. The van der Waals surface area contributed by atoms with Crippen LogP contribution in [0.25, 0.3) is 0 Å². The second-order valence-electron chi connectivity index (χ2n) is 5.46. The van der Waals surface area contributed by atoms with Crippen LogP contribution in [0.4, 0.5) is 17.1 Å². The van der Waals surface area contributed by atoms with Crippen molar-refractivity contribution in [2.75, 3.05) is 16.0 Å². The number of amides is 2. The van der Waals surface area contributed by atoms with Gasteiger partial charge in [0.05, 0.1) is 0 Å². The van der Waals surface area contributed by atoms with Gasteiger partial charge in [0.2, 0.25) is 5.91 Å². The van der Waals surface area contributed by atoms with E-state index < -0.39 is 5.91 Å². The first-order valence-corrected chi connectivity index (χ1v) is 7.56. The lowest BCUT2D eigenvalue weighted by molar-refractivity contribution is -0.116. The first-order chi connectivity index (χ1) is 11.9. The molecule has 0 aliphatic heterocycles. The maximum absolute atomic E-state index is 12.3. The van der Waals surface area contributed by atoms with Gasteiger partial charge >= 0.3 is 0 Å². The number of aryl methyl sites for hydroxylation is 1. The minimum absolute atomic E-state index is 0.187. The predicted octanol–water partition coefficient (Wildman–Crippen LogP) is 2.98. The number of benzene rings is 2. The van der Waals surface area contributed by atoms with Gasteiger partial charge in [0.25, 0.3) is 5.91 Å². The minimum Gasteiger partial charge on any atom is -0.399 e. The maximum atomic E-state index is 12.3. The summed E-state index contributed by atoms with van der Waals surface area (Å²) < 4.78 is 0. The van der Waals surface area contributed by atoms with Crippen molar-refractivity contribution >= 4 is 28.9 Å². The van der Waals surface area contributed by atoms with E-state index in [1.54, 1.807) is 42.5 Å². The van der Waals surface area contributed by atoms with Crippen molar-refractivity contribution in [1.29, 1.82) is 5.26 Å². The predicted molar refractivity (Wildman–Crippen MR) is 97.5 cm³/mol. The van der Waals surface area contributed by atoms with Crippen LogP contribution in [-0.4, -0.2) is 11.8 Å². The molecule has 0 fully saturated rings. The van der Waals surface area contributed by atoms with E-state index in [9.17, 15) is 14.9 Å². The highest BCUT2D eigenvalue weighted by atomic mass is 16.2.